The number of aromatic amines is 1. The third kappa shape index (κ3) is 7.14. The van der Waals surface area contributed by atoms with Gasteiger partial charge in [-0.25, -0.2) is 9.37 Å². The van der Waals surface area contributed by atoms with Crippen molar-refractivity contribution >= 4 is 34.4 Å². The fourth-order valence-electron chi connectivity index (χ4n) is 4.55. The average Bonchev–Trinajstić information content (AvgIpc) is 3.32. The van der Waals surface area contributed by atoms with E-state index in [-0.39, 0.29) is 17.4 Å². The van der Waals surface area contributed by atoms with Gasteiger partial charge in [0.2, 0.25) is 0 Å². The van der Waals surface area contributed by atoms with E-state index in [1.807, 2.05) is 13.0 Å². The molecular formula is C28H32ClF4N3O2. The van der Waals surface area contributed by atoms with Gasteiger partial charge >= 0.3 is 6.61 Å². The van der Waals surface area contributed by atoms with Gasteiger partial charge in [0, 0.05) is 48.1 Å². The van der Waals surface area contributed by atoms with E-state index in [0.29, 0.717) is 16.6 Å². The number of hydrogen-bond acceptors (Lipinski definition) is 4. The van der Waals surface area contributed by atoms with Gasteiger partial charge in [-0.15, -0.1) is 0 Å². The molecule has 3 aromatic rings. The Morgan fingerprint density at radius 3 is 2.58 bits per heavy atom. The number of nitrogens with zero attached hydrogens (tertiary/aromatic N) is 2. The lowest BCUT2D eigenvalue weighted by molar-refractivity contribution is -0.0506. The second-order valence-electron chi connectivity index (χ2n) is 9.27. The van der Waals surface area contributed by atoms with Crippen LogP contribution in [0.5, 0.6) is 5.75 Å². The van der Waals surface area contributed by atoms with Crippen LogP contribution in [0.15, 0.2) is 41.7 Å². The van der Waals surface area contributed by atoms with E-state index in [2.05, 4.69) is 26.6 Å². The molecule has 0 amide bonds. The Labute approximate surface area is 224 Å². The summed E-state index contributed by atoms with van der Waals surface area (Å²) in [5.74, 6) is -1.54. The van der Waals surface area contributed by atoms with Crippen molar-refractivity contribution in [1.29, 1.82) is 0 Å². The molecule has 2 N–H and O–H groups in total. The maximum Gasteiger partial charge on any atom is 0.387 e. The number of aliphatic hydroxyl groups excluding tert-OH is 1. The monoisotopic (exact) mass is 553 g/mol. The lowest BCUT2D eigenvalue weighted by Crippen LogP contribution is -2.15. The van der Waals surface area contributed by atoms with E-state index < -0.39 is 30.0 Å². The lowest BCUT2D eigenvalue weighted by Gasteiger charge is -2.21. The van der Waals surface area contributed by atoms with Crippen LogP contribution in [-0.4, -0.2) is 47.7 Å². The molecule has 5 nitrogen and oxygen atoms in total. The van der Waals surface area contributed by atoms with Gasteiger partial charge in [-0.2, -0.15) is 8.78 Å². The first-order valence-electron chi connectivity index (χ1n) is 12.4. The van der Waals surface area contributed by atoms with Crippen LogP contribution >= 0.6 is 11.6 Å². The molecule has 4 rings (SSSR count). The van der Waals surface area contributed by atoms with Crippen molar-refractivity contribution < 1.29 is 27.4 Å². The molecule has 2 aromatic heterocycles. The van der Waals surface area contributed by atoms with Crippen LogP contribution in [0.2, 0.25) is 5.02 Å². The second-order valence-corrected chi connectivity index (χ2v) is 9.65. The Morgan fingerprint density at radius 2 is 2.00 bits per heavy atom. The molecule has 0 saturated heterocycles. The minimum Gasteiger partial charge on any atom is -0.434 e. The number of benzene rings is 1. The van der Waals surface area contributed by atoms with Crippen molar-refractivity contribution in [2.75, 3.05) is 13.7 Å². The zero-order valence-electron chi connectivity index (χ0n) is 21.5. The molecule has 1 atom stereocenters. The molecule has 0 bridgehead atoms. The summed E-state index contributed by atoms with van der Waals surface area (Å²) in [6.07, 6.45) is 11.1. The predicted octanol–water partition coefficient (Wildman–Crippen LogP) is 7.72. The smallest absolute Gasteiger partial charge is 0.387 e. The molecule has 1 saturated carbocycles. The number of aromatic nitrogens is 2. The second kappa shape index (κ2) is 13.8. The molecule has 2 heterocycles. The number of allylic oxidation sites excluding steroid dienone is 2. The molecule has 1 fully saturated rings. The van der Waals surface area contributed by atoms with E-state index in [0.717, 1.165) is 42.0 Å². The fraction of sp³-hybridized carbons (Fsp3) is 0.429. The van der Waals surface area contributed by atoms with Gasteiger partial charge in [0.05, 0.1) is 11.1 Å². The largest absolute Gasteiger partial charge is 0.434 e. The summed E-state index contributed by atoms with van der Waals surface area (Å²) in [6, 6.07) is 3.68. The highest BCUT2D eigenvalue weighted by Gasteiger charge is 2.28. The highest BCUT2D eigenvalue weighted by atomic mass is 35.5. The van der Waals surface area contributed by atoms with E-state index in [1.54, 1.807) is 25.5 Å². The predicted molar refractivity (Wildman–Crippen MR) is 144 cm³/mol. The minimum atomic E-state index is -3.17. The Kier molecular flexibility index (Phi) is 10.7. The highest BCUT2D eigenvalue weighted by molar-refractivity contribution is 6.31. The molecule has 0 aliphatic heterocycles. The molecule has 206 valence electrons. The van der Waals surface area contributed by atoms with Crippen LogP contribution in [0.25, 0.3) is 16.6 Å². The Hall–Kier alpha value is -2.91. The normalized spacial score (nSPS) is 19.1. The first kappa shape index (κ1) is 29.6. The zero-order valence-corrected chi connectivity index (χ0v) is 22.3. The van der Waals surface area contributed by atoms with Gasteiger partial charge < -0.3 is 14.8 Å². The number of fused-ring (bicyclic) bond motifs is 1. The number of aliphatic hydroxyl groups is 1. The Morgan fingerprint density at radius 1 is 1.29 bits per heavy atom. The molecule has 0 spiro atoms. The first-order chi connectivity index (χ1) is 18.2. The molecular weight excluding hydrogens is 522 g/mol. The molecule has 1 aliphatic carbocycles. The fourth-order valence-corrected chi connectivity index (χ4v) is 4.84. The zero-order chi connectivity index (χ0) is 27.8. The number of halogens is 5. The number of pyridine rings is 1. The number of alkyl halides is 3. The van der Waals surface area contributed by atoms with Gasteiger partial charge in [0.25, 0.3) is 0 Å². The summed E-state index contributed by atoms with van der Waals surface area (Å²) in [5, 5.41) is 9.10. The summed E-state index contributed by atoms with van der Waals surface area (Å²) >= 11 is 6.05. The van der Waals surface area contributed by atoms with Crippen LogP contribution in [0, 0.1) is 11.7 Å². The van der Waals surface area contributed by atoms with Gasteiger partial charge in [-0.05, 0) is 67.9 Å². The molecule has 1 aliphatic rings. The minimum absolute atomic E-state index is 0.0196. The number of aliphatic imine (C=N–C) groups is 1. The van der Waals surface area contributed by atoms with Crippen LogP contribution in [0.3, 0.4) is 0 Å². The van der Waals surface area contributed by atoms with Crippen molar-refractivity contribution in [2.45, 2.75) is 58.2 Å². The summed E-state index contributed by atoms with van der Waals surface area (Å²) in [5.41, 5.74) is 2.18. The Balaban J connectivity index is 0.000000427. The summed E-state index contributed by atoms with van der Waals surface area (Å²) < 4.78 is 58.5. The van der Waals surface area contributed by atoms with E-state index in [4.69, 9.17) is 16.7 Å². The van der Waals surface area contributed by atoms with Crippen molar-refractivity contribution in [3.63, 3.8) is 0 Å². The standard InChI is InChI=1S/C21H18ClF4N3O.C7H14O/c1-3-11(8-27-2)12-6-13-15(10-29-20(13)28-9-12)14(7-23)18-17(30-21(25)26)5-4-16(24)19(18)22;1-6-2-4-7(8)5-3-6/h3-6,8-10,14,21H,7H2,1-2H3,(H,28,29);6-8H,2-5H2,1H3/b11-3+,27-8?;. The van der Waals surface area contributed by atoms with Crippen LogP contribution in [0.4, 0.5) is 17.6 Å². The number of rotatable bonds is 7. The van der Waals surface area contributed by atoms with Crippen LogP contribution < -0.4 is 4.74 Å². The van der Waals surface area contributed by atoms with Crippen molar-refractivity contribution in [2.24, 2.45) is 10.9 Å². The third-order valence-electron chi connectivity index (χ3n) is 6.65. The van der Waals surface area contributed by atoms with Crippen LogP contribution in [0.1, 0.15) is 62.1 Å². The van der Waals surface area contributed by atoms with E-state index >= 15 is 0 Å². The molecule has 10 heteroatoms. The van der Waals surface area contributed by atoms with E-state index in [9.17, 15) is 17.6 Å². The van der Waals surface area contributed by atoms with E-state index in [1.165, 1.54) is 19.0 Å². The molecule has 38 heavy (non-hydrogen) atoms. The topological polar surface area (TPSA) is 70.5 Å². The number of ether oxygens (including phenoxy) is 1. The molecule has 0 radical (unpaired) electrons. The number of hydrogen-bond donors (Lipinski definition) is 2. The van der Waals surface area contributed by atoms with Crippen molar-refractivity contribution in [1.82, 2.24) is 9.97 Å². The number of H-pyrrole nitrogens is 1. The van der Waals surface area contributed by atoms with Crippen LogP contribution in [-0.2, 0) is 0 Å². The van der Waals surface area contributed by atoms with Crippen molar-refractivity contribution in [3.8, 4) is 5.75 Å². The van der Waals surface area contributed by atoms with Gasteiger partial charge in [0.15, 0.2) is 0 Å². The lowest BCUT2D eigenvalue weighted by atomic mass is 9.89. The average molecular weight is 554 g/mol. The number of nitrogens with one attached hydrogen (secondary N) is 1. The summed E-state index contributed by atoms with van der Waals surface area (Å²) in [6.45, 7) is -0.102. The summed E-state index contributed by atoms with van der Waals surface area (Å²) in [7, 11) is 1.63. The summed E-state index contributed by atoms with van der Waals surface area (Å²) in [4.78, 5) is 11.3. The molecule has 1 unspecified atom stereocenters. The van der Waals surface area contributed by atoms with Gasteiger partial charge in [-0.3, -0.25) is 9.38 Å². The van der Waals surface area contributed by atoms with Gasteiger partial charge in [0.1, 0.15) is 23.9 Å². The quantitative estimate of drug-likeness (QED) is 0.232. The first-order valence-corrected chi connectivity index (χ1v) is 12.8. The maximum absolute atomic E-state index is 14.2. The molecule has 1 aromatic carbocycles. The van der Waals surface area contributed by atoms with Crippen molar-refractivity contribution in [3.05, 3.63) is 64.2 Å². The third-order valence-corrected chi connectivity index (χ3v) is 7.03. The SMILES string of the molecule is C/C=C(\C=NC)c1cnc2[nH]cc(C(CF)c3c(OC(F)F)ccc(F)c3Cl)c2c1.CC1CCC(O)CC1. The Bertz CT molecular complexity index is 1260. The maximum atomic E-state index is 14.2. The van der Waals surface area contributed by atoms with Gasteiger partial charge in [-0.1, -0.05) is 24.6 Å². The highest BCUT2D eigenvalue weighted by Crippen LogP contribution is 2.41.